The average molecular weight is 425 g/mol. The number of amides is 1. The van der Waals surface area contributed by atoms with E-state index in [1.165, 1.54) is 0 Å². The number of nitrogens with zero attached hydrogens (tertiary/aromatic N) is 4. The zero-order valence-corrected chi connectivity index (χ0v) is 17.8. The number of hydrogen-bond acceptors (Lipinski definition) is 7. The average Bonchev–Trinajstić information content (AvgIpc) is 3.19. The second kappa shape index (κ2) is 8.92. The molecule has 3 saturated heterocycles. The van der Waals surface area contributed by atoms with Crippen molar-refractivity contribution in [1.29, 1.82) is 0 Å². The lowest BCUT2D eigenvalue weighted by Crippen LogP contribution is -2.58. The number of fused-ring (bicyclic) bond motifs is 2. The van der Waals surface area contributed by atoms with Crippen LogP contribution in [-0.2, 0) is 9.47 Å². The minimum Gasteiger partial charge on any atom is -0.472 e. The van der Waals surface area contributed by atoms with Crippen molar-refractivity contribution in [3.05, 3.63) is 11.2 Å². The first kappa shape index (κ1) is 20.5. The number of anilines is 1. The molecular formula is C20H29ClN4O4. The van der Waals surface area contributed by atoms with Gasteiger partial charge in [-0.25, -0.2) is 9.78 Å². The highest BCUT2D eigenvalue weighted by atomic mass is 35.5. The van der Waals surface area contributed by atoms with Crippen LogP contribution >= 0.6 is 11.6 Å². The van der Waals surface area contributed by atoms with Crippen molar-refractivity contribution in [2.24, 2.45) is 0 Å². The topological polar surface area (TPSA) is 77.0 Å². The third-order valence-electron chi connectivity index (χ3n) is 6.13. The maximum atomic E-state index is 12.4. The van der Waals surface area contributed by atoms with Crippen molar-refractivity contribution in [3.8, 4) is 5.88 Å². The lowest BCUT2D eigenvalue weighted by molar-refractivity contribution is 0.0190. The summed E-state index contributed by atoms with van der Waals surface area (Å²) in [5.41, 5.74) is 0. The Morgan fingerprint density at radius 1 is 1.31 bits per heavy atom. The van der Waals surface area contributed by atoms with Crippen LogP contribution in [0.2, 0.25) is 5.15 Å². The fourth-order valence-electron chi connectivity index (χ4n) is 4.71. The molecule has 160 valence electrons. The van der Waals surface area contributed by atoms with Crippen LogP contribution < -0.4 is 9.64 Å². The molecule has 8 nitrogen and oxygen atoms in total. The Balaban J connectivity index is 1.48. The number of ether oxygens (including phenoxy) is 3. The number of piperidine rings is 2. The van der Waals surface area contributed by atoms with Crippen molar-refractivity contribution >= 4 is 23.6 Å². The fraction of sp³-hybridized carbons (Fsp3) is 0.750. The maximum absolute atomic E-state index is 12.4. The standard InChI is InChI=1S/C20H29ClN4O4/c1-3-28-20(26)25-13-5-4-6-14(25)10-15(9-13)24(2)19-22-17(21)11-18(23-19)29-16-7-8-27-12-16/h11,13-16H,3-10,12H2,1-2H3/t13-,14+,15-,16-/m1/s1. The summed E-state index contributed by atoms with van der Waals surface area (Å²) in [6, 6.07) is 2.27. The van der Waals surface area contributed by atoms with E-state index < -0.39 is 0 Å². The van der Waals surface area contributed by atoms with Crippen molar-refractivity contribution in [3.63, 3.8) is 0 Å². The molecule has 1 aromatic heterocycles. The first-order valence-corrected chi connectivity index (χ1v) is 10.9. The van der Waals surface area contributed by atoms with Crippen LogP contribution in [0.5, 0.6) is 5.88 Å². The van der Waals surface area contributed by atoms with E-state index in [1.54, 1.807) is 6.07 Å². The van der Waals surface area contributed by atoms with Crippen LogP contribution in [0.4, 0.5) is 10.7 Å². The predicted octanol–water partition coefficient (Wildman–Crippen LogP) is 3.28. The Morgan fingerprint density at radius 2 is 2.07 bits per heavy atom. The van der Waals surface area contributed by atoms with Gasteiger partial charge >= 0.3 is 6.09 Å². The SMILES string of the molecule is CCOC(=O)N1[C@@H]2CCC[C@H]1C[C@H](N(C)c1nc(Cl)cc(O[C@@H]3CCOC3)n1)C2. The molecule has 0 radical (unpaired) electrons. The van der Waals surface area contributed by atoms with E-state index in [4.69, 9.17) is 25.8 Å². The highest BCUT2D eigenvalue weighted by molar-refractivity contribution is 6.29. The zero-order chi connectivity index (χ0) is 20.4. The van der Waals surface area contributed by atoms with Gasteiger partial charge in [0, 0.05) is 37.7 Å². The summed E-state index contributed by atoms with van der Waals surface area (Å²) < 4.78 is 16.6. The molecule has 0 saturated carbocycles. The van der Waals surface area contributed by atoms with E-state index in [0.717, 1.165) is 38.5 Å². The number of hydrogen-bond donors (Lipinski definition) is 0. The molecule has 3 fully saturated rings. The molecule has 2 bridgehead atoms. The predicted molar refractivity (Wildman–Crippen MR) is 109 cm³/mol. The molecule has 9 heteroatoms. The number of carbonyl (C=O) groups is 1. The fourth-order valence-corrected chi connectivity index (χ4v) is 4.88. The summed E-state index contributed by atoms with van der Waals surface area (Å²) in [5, 5.41) is 0.361. The minimum absolute atomic E-state index is 0.00583. The first-order chi connectivity index (χ1) is 14.0. The number of rotatable bonds is 5. The number of aromatic nitrogens is 2. The van der Waals surface area contributed by atoms with Crippen LogP contribution in [0, 0.1) is 0 Å². The smallest absolute Gasteiger partial charge is 0.410 e. The molecule has 3 aliphatic heterocycles. The summed E-state index contributed by atoms with van der Waals surface area (Å²) in [7, 11) is 1.99. The van der Waals surface area contributed by atoms with Crippen molar-refractivity contribution in [1.82, 2.24) is 14.9 Å². The van der Waals surface area contributed by atoms with Gasteiger partial charge in [0.2, 0.25) is 11.8 Å². The van der Waals surface area contributed by atoms with Gasteiger partial charge in [-0.05, 0) is 39.0 Å². The van der Waals surface area contributed by atoms with E-state index >= 15 is 0 Å². The summed E-state index contributed by atoms with van der Waals surface area (Å²) in [4.78, 5) is 25.5. The maximum Gasteiger partial charge on any atom is 0.410 e. The molecular weight excluding hydrogens is 396 g/mol. The molecule has 0 aliphatic carbocycles. The quantitative estimate of drug-likeness (QED) is 0.671. The minimum atomic E-state index is -0.184. The Hall–Kier alpha value is -1.80. The van der Waals surface area contributed by atoms with E-state index in [2.05, 4.69) is 14.9 Å². The van der Waals surface area contributed by atoms with Gasteiger partial charge in [0.1, 0.15) is 11.3 Å². The summed E-state index contributed by atoms with van der Waals surface area (Å²) in [6.45, 7) is 3.53. The van der Waals surface area contributed by atoms with E-state index in [0.29, 0.717) is 36.8 Å². The monoisotopic (exact) mass is 424 g/mol. The van der Waals surface area contributed by atoms with Crippen LogP contribution in [0.1, 0.15) is 45.4 Å². The lowest BCUT2D eigenvalue weighted by atomic mass is 9.81. The van der Waals surface area contributed by atoms with Gasteiger partial charge in [-0.1, -0.05) is 11.6 Å². The van der Waals surface area contributed by atoms with Crippen molar-refractivity contribution in [2.75, 3.05) is 31.8 Å². The summed E-state index contributed by atoms with van der Waals surface area (Å²) in [5.74, 6) is 1.03. The zero-order valence-electron chi connectivity index (χ0n) is 17.1. The molecule has 4 atom stereocenters. The molecule has 0 unspecified atom stereocenters. The van der Waals surface area contributed by atoms with Crippen LogP contribution in [0.25, 0.3) is 0 Å². The highest BCUT2D eigenvalue weighted by Crippen LogP contribution is 2.37. The second-order valence-corrected chi connectivity index (χ2v) is 8.40. The first-order valence-electron chi connectivity index (χ1n) is 10.5. The Labute approximate surface area is 176 Å². The normalized spacial score (nSPS) is 28.9. The third-order valence-corrected chi connectivity index (χ3v) is 6.32. The summed E-state index contributed by atoms with van der Waals surface area (Å²) in [6.07, 6.45) is 5.57. The van der Waals surface area contributed by atoms with Crippen molar-refractivity contribution in [2.45, 2.75) is 69.7 Å². The third kappa shape index (κ3) is 4.53. The second-order valence-electron chi connectivity index (χ2n) is 8.01. The van der Waals surface area contributed by atoms with Gasteiger partial charge in [0.05, 0.1) is 19.8 Å². The highest BCUT2D eigenvalue weighted by Gasteiger charge is 2.43. The lowest BCUT2D eigenvalue weighted by Gasteiger charge is -2.49. The number of carbonyl (C=O) groups excluding carboxylic acids is 1. The van der Waals surface area contributed by atoms with Gasteiger partial charge in [-0.15, -0.1) is 0 Å². The van der Waals surface area contributed by atoms with Gasteiger partial charge in [-0.3, -0.25) is 0 Å². The van der Waals surface area contributed by atoms with Crippen LogP contribution in [0.3, 0.4) is 0 Å². The molecule has 0 spiro atoms. The van der Waals surface area contributed by atoms with E-state index in [9.17, 15) is 4.79 Å². The number of halogens is 1. The van der Waals surface area contributed by atoms with Gasteiger partial charge in [0.25, 0.3) is 0 Å². The Kier molecular flexibility index (Phi) is 6.29. The molecule has 0 N–H and O–H groups in total. The van der Waals surface area contributed by atoms with E-state index in [1.807, 2.05) is 18.9 Å². The summed E-state index contributed by atoms with van der Waals surface area (Å²) >= 11 is 6.26. The molecule has 4 rings (SSSR count). The Bertz CT molecular complexity index is 716. The molecule has 0 aromatic carbocycles. The molecule has 3 aliphatic rings. The molecule has 4 heterocycles. The van der Waals surface area contributed by atoms with Crippen LogP contribution in [0.15, 0.2) is 6.07 Å². The van der Waals surface area contributed by atoms with Crippen LogP contribution in [-0.4, -0.2) is 72.1 Å². The molecule has 29 heavy (non-hydrogen) atoms. The largest absolute Gasteiger partial charge is 0.472 e. The van der Waals surface area contributed by atoms with E-state index in [-0.39, 0.29) is 30.3 Å². The van der Waals surface area contributed by atoms with Gasteiger partial charge < -0.3 is 24.0 Å². The molecule has 1 aromatic rings. The molecule has 1 amide bonds. The van der Waals surface area contributed by atoms with Gasteiger partial charge in [0.15, 0.2) is 0 Å². The van der Waals surface area contributed by atoms with Crippen molar-refractivity contribution < 1.29 is 19.0 Å². The van der Waals surface area contributed by atoms with Gasteiger partial charge in [-0.2, -0.15) is 4.98 Å². The Morgan fingerprint density at radius 3 is 2.72 bits per heavy atom.